The number of fused-ring (bicyclic) bond motifs is 1. The second kappa shape index (κ2) is 9.00. The number of nitrogens with zero attached hydrogens (tertiary/aromatic N) is 2. The van der Waals surface area contributed by atoms with Crippen LogP contribution in [-0.4, -0.2) is 48.3 Å². The predicted octanol–water partition coefficient (Wildman–Crippen LogP) is 2.84. The lowest BCUT2D eigenvalue weighted by Gasteiger charge is -2.19. The molecule has 152 valence electrons. The first-order valence-corrected chi connectivity index (χ1v) is 9.22. The molecule has 3 amide bonds. The highest BCUT2D eigenvalue weighted by atomic mass is 16.5. The van der Waals surface area contributed by atoms with E-state index < -0.39 is 24.4 Å². The Morgan fingerprint density at radius 3 is 1.93 bits per heavy atom. The molecule has 7 heteroatoms. The molecule has 0 saturated carbocycles. The number of rotatable bonds is 8. The number of amides is 3. The number of carbonyl (C=O) groups excluding carboxylic acids is 4. The third kappa shape index (κ3) is 4.05. The number of imide groups is 1. The molecule has 0 aromatic heterocycles. The van der Waals surface area contributed by atoms with Gasteiger partial charge in [0, 0.05) is 13.1 Å². The lowest BCUT2D eigenvalue weighted by Crippen LogP contribution is -2.35. The number of carbonyl (C=O) groups is 4. The van der Waals surface area contributed by atoms with Crippen LogP contribution in [0.4, 0.5) is 5.69 Å². The lowest BCUT2D eigenvalue weighted by molar-refractivity contribution is -0.133. The molecule has 2 aromatic carbocycles. The number of hydrogen-bond acceptors (Lipinski definition) is 5. The van der Waals surface area contributed by atoms with Gasteiger partial charge in [-0.05, 0) is 36.4 Å². The summed E-state index contributed by atoms with van der Waals surface area (Å²) in [6.07, 6.45) is 3.14. The molecule has 3 rings (SSSR count). The van der Waals surface area contributed by atoms with Crippen LogP contribution in [0.3, 0.4) is 0 Å². The van der Waals surface area contributed by atoms with Crippen LogP contribution in [0.25, 0.3) is 0 Å². The van der Waals surface area contributed by atoms with E-state index in [1.54, 1.807) is 36.4 Å². The maximum Gasteiger partial charge on any atom is 0.338 e. The second-order valence-corrected chi connectivity index (χ2v) is 6.49. The standard InChI is InChI=1S/C23H20N2O5/c1-3-13-24(14-4-2)20(26)15-30-23(29)16-9-11-17(12-10-16)25-21(27)18-7-5-6-8-19(18)22(25)28/h3-12H,1-2,13-15H2. The molecule has 0 saturated heterocycles. The molecule has 0 spiro atoms. The molecule has 0 radical (unpaired) electrons. The molecule has 2 aromatic rings. The van der Waals surface area contributed by atoms with E-state index in [2.05, 4.69) is 13.2 Å². The fourth-order valence-electron chi connectivity index (χ4n) is 3.06. The highest BCUT2D eigenvalue weighted by molar-refractivity contribution is 6.34. The van der Waals surface area contributed by atoms with Crippen molar-refractivity contribution in [1.82, 2.24) is 4.90 Å². The molecular weight excluding hydrogens is 384 g/mol. The molecular formula is C23H20N2O5. The first-order chi connectivity index (χ1) is 14.5. The first-order valence-electron chi connectivity index (χ1n) is 9.22. The number of anilines is 1. The maximum absolute atomic E-state index is 12.5. The van der Waals surface area contributed by atoms with Crippen molar-refractivity contribution in [3.8, 4) is 0 Å². The molecule has 0 fully saturated rings. The van der Waals surface area contributed by atoms with Crippen molar-refractivity contribution in [3.05, 3.63) is 90.5 Å². The van der Waals surface area contributed by atoms with Crippen molar-refractivity contribution in [1.29, 1.82) is 0 Å². The molecule has 0 bridgehead atoms. The van der Waals surface area contributed by atoms with Gasteiger partial charge < -0.3 is 9.64 Å². The highest BCUT2D eigenvalue weighted by Gasteiger charge is 2.36. The van der Waals surface area contributed by atoms with E-state index in [1.807, 2.05) is 0 Å². The van der Waals surface area contributed by atoms with Gasteiger partial charge in [0.25, 0.3) is 17.7 Å². The molecule has 0 aliphatic carbocycles. The molecule has 30 heavy (non-hydrogen) atoms. The van der Waals surface area contributed by atoms with Crippen molar-refractivity contribution < 1.29 is 23.9 Å². The van der Waals surface area contributed by atoms with E-state index >= 15 is 0 Å². The van der Waals surface area contributed by atoms with Gasteiger partial charge in [-0.25, -0.2) is 9.69 Å². The summed E-state index contributed by atoms with van der Waals surface area (Å²) in [4.78, 5) is 52.0. The third-order valence-electron chi connectivity index (χ3n) is 4.53. The van der Waals surface area contributed by atoms with E-state index in [-0.39, 0.29) is 11.5 Å². The Morgan fingerprint density at radius 2 is 1.43 bits per heavy atom. The lowest BCUT2D eigenvalue weighted by atomic mass is 10.1. The van der Waals surface area contributed by atoms with Gasteiger partial charge in [-0.1, -0.05) is 24.3 Å². The normalized spacial score (nSPS) is 12.3. The Morgan fingerprint density at radius 1 is 0.900 bits per heavy atom. The molecule has 0 unspecified atom stereocenters. The summed E-state index contributed by atoms with van der Waals surface area (Å²) in [5.74, 6) is -1.89. The Labute approximate surface area is 173 Å². The minimum Gasteiger partial charge on any atom is -0.452 e. The molecule has 1 aliphatic rings. The van der Waals surface area contributed by atoms with Crippen LogP contribution in [-0.2, 0) is 9.53 Å². The largest absolute Gasteiger partial charge is 0.452 e. The van der Waals surface area contributed by atoms with Crippen LogP contribution in [0.1, 0.15) is 31.1 Å². The van der Waals surface area contributed by atoms with E-state index in [0.717, 1.165) is 4.90 Å². The summed E-state index contributed by atoms with van der Waals surface area (Å²) in [6.45, 7) is 7.39. The average Bonchev–Trinajstić information content (AvgIpc) is 3.02. The smallest absolute Gasteiger partial charge is 0.338 e. The van der Waals surface area contributed by atoms with E-state index in [0.29, 0.717) is 29.9 Å². The fourth-order valence-corrected chi connectivity index (χ4v) is 3.06. The molecule has 0 atom stereocenters. The van der Waals surface area contributed by atoms with Crippen molar-refractivity contribution in [3.63, 3.8) is 0 Å². The van der Waals surface area contributed by atoms with Gasteiger partial charge in [-0.3, -0.25) is 14.4 Å². The zero-order valence-corrected chi connectivity index (χ0v) is 16.2. The number of ether oxygens (including phenoxy) is 1. The highest BCUT2D eigenvalue weighted by Crippen LogP contribution is 2.28. The summed E-state index contributed by atoms with van der Waals surface area (Å²) in [7, 11) is 0. The zero-order valence-electron chi connectivity index (χ0n) is 16.2. The molecule has 1 aliphatic heterocycles. The number of benzene rings is 2. The van der Waals surface area contributed by atoms with Gasteiger partial charge in [0.1, 0.15) is 0 Å². The summed E-state index contributed by atoms with van der Waals surface area (Å²) in [5.41, 5.74) is 1.22. The van der Waals surface area contributed by atoms with E-state index in [4.69, 9.17) is 4.74 Å². The summed E-state index contributed by atoms with van der Waals surface area (Å²) >= 11 is 0. The second-order valence-electron chi connectivity index (χ2n) is 6.49. The predicted molar refractivity (Wildman–Crippen MR) is 111 cm³/mol. The van der Waals surface area contributed by atoms with Crippen LogP contribution < -0.4 is 4.90 Å². The van der Waals surface area contributed by atoms with Gasteiger partial charge in [-0.2, -0.15) is 0 Å². The number of hydrogen-bond donors (Lipinski definition) is 0. The minimum atomic E-state index is -0.686. The monoisotopic (exact) mass is 404 g/mol. The van der Waals surface area contributed by atoms with Crippen molar-refractivity contribution in [2.45, 2.75) is 0 Å². The Hall–Kier alpha value is -4.00. The van der Waals surface area contributed by atoms with Gasteiger partial charge in [-0.15, -0.1) is 13.2 Å². The first kappa shape index (κ1) is 20.7. The summed E-state index contributed by atoms with van der Waals surface area (Å²) < 4.78 is 5.08. The van der Waals surface area contributed by atoms with E-state index in [1.165, 1.54) is 29.2 Å². The average molecular weight is 404 g/mol. The van der Waals surface area contributed by atoms with Crippen molar-refractivity contribution in [2.24, 2.45) is 0 Å². The van der Waals surface area contributed by atoms with Crippen LogP contribution in [0.2, 0.25) is 0 Å². The summed E-state index contributed by atoms with van der Waals surface area (Å²) in [6, 6.07) is 12.4. The van der Waals surface area contributed by atoms with E-state index in [9.17, 15) is 19.2 Å². The molecule has 7 nitrogen and oxygen atoms in total. The Balaban J connectivity index is 1.66. The van der Waals surface area contributed by atoms with Crippen molar-refractivity contribution in [2.75, 3.05) is 24.6 Å². The van der Waals surface area contributed by atoms with Gasteiger partial charge >= 0.3 is 5.97 Å². The number of esters is 1. The van der Waals surface area contributed by atoms with Crippen LogP contribution in [0.5, 0.6) is 0 Å². The zero-order chi connectivity index (χ0) is 21.7. The van der Waals surface area contributed by atoms with Crippen LogP contribution >= 0.6 is 0 Å². The minimum absolute atomic E-state index is 0.196. The summed E-state index contributed by atoms with van der Waals surface area (Å²) in [5, 5.41) is 0. The van der Waals surface area contributed by atoms with Crippen LogP contribution in [0, 0.1) is 0 Å². The van der Waals surface area contributed by atoms with Crippen molar-refractivity contribution >= 4 is 29.4 Å². The van der Waals surface area contributed by atoms with Crippen LogP contribution in [0.15, 0.2) is 73.8 Å². The molecule has 1 heterocycles. The molecule has 0 N–H and O–H groups in total. The fraction of sp³-hybridized carbons (Fsp3) is 0.130. The SMILES string of the molecule is C=CCN(CC=C)C(=O)COC(=O)c1ccc(N2C(=O)c3ccccc3C2=O)cc1. The maximum atomic E-state index is 12.5. The van der Waals surface area contributed by atoms with Gasteiger partial charge in [0.2, 0.25) is 0 Å². The topological polar surface area (TPSA) is 84.0 Å². The van der Waals surface area contributed by atoms with Gasteiger partial charge in [0.05, 0.1) is 22.4 Å². The Bertz CT molecular complexity index is 981. The quantitative estimate of drug-likeness (QED) is 0.384. The third-order valence-corrected chi connectivity index (χ3v) is 4.53. The Kier molecular flexibility index (Phi) is 6.22. The van der Waals surface area contributed by atoms with Gasteiger partial charge in [0.15, 0.2) is 6.61 Å².